The maximum Gasteiger partial charge on any atom is 0.161 e. The minimum atomic E-state index is 0.329. The third kappa shape index (κ3) is 5.52. The summed E-state index contributed by atoms with van der Waals surface area (Å²) in [7, 11) is 0. The third-order valence-corrected chi connectivity index (χ3v) is 3.95. The Labute approximate surface area is 138 Å². The van der Waals surface area contributed by atoms with Gasteiger partial charge in [-0.05, 0) is 39.0 Å². The Hall–Kier alpha value is -1.59. The van der Waals surface area contributed by atoms with E-state index in [9.17, 15) is 4.79 Å². The molecule has 5 nitrogen and oxygen atoms in total. The lowest BCUT2D eigenvalue weighted by molar-refractivity contribution is -0.915. The molecule has 1 heterocycles. The lowest BCUT2D eigenvalue weighted by Crippen LogP contribution is -3.15. The number of hydrogen-bond donors (Lipinski definition) is 1. The summed E-state index contributed by atoms with van der Waals surface area (Å²) in [5.74, 6) is 1.34. The molecular weight excluding hydrogens is 294 g/mol. The zero-order valence-corrected chi connectivity index (χ0v) is 14.3. The molecule has 1 N–H and O–H groups in total. The average Bonchev–Trinajstić information content (AvgIpc) is 2.52. The average molecular weight is 322 g/mol. The van der Waals surface area contributed by atoms with E-state index in [1.807, 2.05) is 6.92 Å². The molecule has 1 aromatic carbocycles. The second kappa shape index (κ2) is 8.89. The third-order valence-electron chi connectivity index (χ3n) is 3.95. The van der Waals surface area contributed by atoms with Crippen molar-refractivity contribution in [2.24, 2.45) is 0 Å². The van der Waals surface area contributed by atoms with Crippen molar-refractivity contribution in [1.29, 1.82) is 0 Å². The fraction of sp³-hybridized carbons (Fsp3) is 0.611. The monoisotopic (exact) mass is 322 g/mol. The van der Waals surface area contributed by atoms with Crippen LogP contribution in [-0.4, -0.2) is 51.3 Å². The number of carbonyl (C=O) groups is 1. The van der Waals surface area contributed by atoms with E-state index >= 15 is 0 Å². The molecule has 0 aromatic heterocycles. The first-order valence-corrected chi connectivity index (χ1v) is 8.46. The van der Waals surface area contributed by atoms with Gasteiger partial charge in [-0.2, -0.15) is 0 Å². The minimum absolute atomic E-state index is 0.329. The second-order valence-electron chi connectivity index (χ2n) is 6.12. The van der Waals surface area contributed by atoms with Crippen molar-refractivity contribution in [2.45, 2.75) is 39.4 Å². The predicted octanol–water partition coefficient (Wildman–Crippen LogP) is 1.36. The van der Waals surface area contributed by atoms with Crippen molar-refractivity contribution in [2.75, 3.05) is 32.8 Å². The van der Waals surface area contributed by atoms with E-state index < -0.39 is 0 Å². The van der Waals surface area contributed by atoms with E-state index in [2.05, 4.69) is 13.8 Å². The highest BCUT2D eigenvalue weighted by molar-refractivity contribution is 5.76. The molecule has 128 valence electrons. The van der Waals surface area contributed by atoms with Crippen LogP contribution >= 0.6 is 0 Å². The van der Waals surface area contributed by atoms with Gasteiger partial charge in [0.05, 0.1) is 19.8 Å². The highest BCUT2D eigenvalue weighted by Crippen LogP contribution is 2.28. The molecule has 1 aliphatic heterocycles. The van der Waals surface area contributed by atoms with Crippen LogP contribution in [0.1, 0.15) is 37.6 Å². The molecule has 5 heteroatoms. The molecule has 0 saturated carbocycles. The van der Waals surface area contributed by atoms with Crippen LogP contribution in [0.3, 0.4) is 0 Å². The van der Waals surface area contributed by atoms with E-state index in [1.165, 1.54) is 0 Å². The van der Waals surface area contributed by atoms with Crippen LogP contribution in [0.4, 0.5) is 0 Å². The number of rotatable bonds is 8. The fourth-order valence-electron chi connectivity index (χ4n) is 3.08. The molecule has 0 unspecified atom stereocenters. The van der Waals surface area contributed by atoms with Crippen LogP contribution in [0.2, 0.25) is 0 Å². The maximum absolute atomic E-state index is 10.9. The van der Waals surface area contributed by atoms with Crippen molar-refractivity contribution < 1.29 is 23.9 Å². The number of aldehydes is 1. The summed E-state index contributed by atoms with van der Waals surface area (Å²) >= 11 is 0. The van der Waals surface area contributed by atoms with Gasteiger partial charge < -0.3 is 19.1 Å². The van der Waals surface area contributed by atoms with Crippen molar-refractivity contribution in [3.8, 4) is 11.5 Å². The number of morpholine rings is 1. The molecule has 1 aliphatic rings. The molecule has 1 fully saturated rings. The van der Waals surface area contributed by atoms with Gasteiger partial charge in [-0.3, -0.25) is 4.79 Å². The van der Waals surface area contributed by atoms with E-state index in [1.54, 1.807) is 23.1 Å². The largest absolute Gasteiger partial charge is 0.490 e. The second-order valence-corrected chi connectivity index (χ2v) is 6.12. The molecule has 23 heavy (non-hydrogen) atoms. The summed E-state index contributed by atoms with van der Waals surface area (Å²) in [6.45, 7) is 10.6. The number of benzene rings is 1. The molecule has 1 saturated heterocycles. The van der Waals surface area contributed by atoms with Gasteiger partial charge in [0, 0.05) is 12.0 Å². The van der Waals surface area contributed by atoms with Crippen LogP contribution in [0.15, 0.2) is 18.2 Å². The summed E-state index contributed by atoms with van der Waals surface area (Å²) in [6, 6.07) is 5.28. The van der Waals surface area contributed by atoms with Gasteiger partial charge >= 0.3 is 0 Å². The molecule has 1 aromatic rings. The Morgan fingerprint density at radius 1 is 1.22 bits per heavy atom. The maximum atomic E-state index is 10.9. The van der Waals surface area contributed by atoms with E-state index in [0.717, 1.165) is 32.3 Å². The van der Waals surface area contributed by atoms with E-state index in [4.69, 9.17) is 14.2 Å². The van der Waals surface area contributed by atoms with Gasteiger partial charge in [0.15, 0.2) is 11.5 Å². The first-order chi connectivity index (χ1) is 11.1. The van der Waals surface area contributed by atoms with Crippen molar-refractivity contribution in [3.05, 3.63) is 23.8 Å². The Bertz CT molecular complexity index is 496. The topological polar surface area (TPSA) is 49.2 Å². The summed E-state index contributed by atoms with van der Waals surface area (Å²) < 4.78 is 17.2. The summed E-state index contributed by atoms with van der Waals surface area (Å²) in [4.78, 5) is 12.4. The van der Waals surface area contributed by atoms with E-state index in [-0.39, 0.29) is 0 Å². The number of carbonyl (C=O) groups excluding carboxylic acids is 1. The van der Waals surface area contributed by atoms with Gasteiger partial charge in [-0.15, -0.1) is 0 Å². The van der Waals surface area contributed by atoms with E-state index in [0.29, 0.717) is 42.5 Å². The van der Waals surface area contributed by atoms with Crippen LogP contribution in [0.25, 0.3) is 0 Å². The zero-order valence-electron chi connectivity index (χ0n) is 14.3. The van der Waals surface area contributed by atoms with Gasteiger partial charge in [0.25, 0.3) is 0 Å². The Kier molecular flexibility index (Phi) is 6.86. The van der Waals surface area contributed by atoms with Crippen LogP contribution in [-0.2, 0) is 4.74 Å². The predicted molar refractivity (Wildman–Crippen MR) is 88.7 cm³/mol. The molecule has 0 amide bonds. The van der Waals surface area contributed by atoms with Crippen molar-refractivity contribution in [3.63, 3.8) is 0 Å². The van der Waals surface area contributed by atoms with Crippen LogP contribution in [0.5, 0.6) is 11.5 Å². The summed E-state index contributed by atoms with van der Waals surface area (Å²) in [5, 5.41) is 0. The molecule has 2 rings (SSSR count). The molecular formula is C18H28NO4+. The van der Waals surface area contributed by atoms with Gasteiger partial charge in [0.2, 0.25) is 0 Å². The highest BCUT2D eigenvalue weighted by Gasteiger charge is 2.24. The zero-order chi connectivity index (χ0) is 16.7. The van der Waals surface area contributed by atoms with Crippen molar-refractivity contribution in [1.82, 2.24) is 0 Å². The SMILES string of the molecule is CCOc1cc(C=O)ccc1OCCC[NH+]1C[C@H](C)O[C@@H](C)C1. The Morgan fingerprint density at radius 2 is 1.96 bits per heavy atom. The number of nitrogens with one attached hydrogen (secondary N) is 1. The van der Waals surface area contributed by atoms with Crippen molar-refractivity contribution >= 4 is 6.29 Å². The molecule has 0 radical (unpaired) electrons. The molecule has 0 spiro atoms. The fourth-order valence-corrected chi connectivity index (χ4v) is 3.08. The van der Waals surface area contributed by atoms with Gasteiger partial charge in [-0.1, -0.05) is 0 Å². The normalized spacial score (nSPS) is 24.2. The highest BCUT2D eigenvalue weighted by atomic mass is 16.5. The van der Waals surface area contributed by atoms with Crippen LogP contribution < -0.4 is 14.4 Å². The van der Waals surface area contributed by atoms with Crippen LogP contribution in [0, 0.1) is 0 Å². The first-order valence-electron chi connectivity index (χ1n) is 8.46. The van der Waals surface area contributed by atoms with Gasteiger partial charge in [-0.25, -0.2) is 0 Å². The molecule has 0 aliphatic carbocycles. The molecule has 2 atom stereocenters. The lowest BCUT2D eigenvalue weighted by Gasteiger charge is -2.32. The summed E-state index contributed by atoms with van der Waals surface area (Å²) in [6.07, 6.45) is 2.46. The number of ether oxygens (including phenoxy) is 3. The van der Waals surface area contributed by atoms with Gasteiger partial charge in [0.1, 0.15) is 31.6 Å². The number of hydrogen-bond acceptors (Lipinski definition) is 4. The standard InChI is InChI=1S/C18H27NO4/c1-4-21-18-10-16(13-20)6-7-17(18)22-9-5-8-19-11-14(2)23-15(3)12-19/h6-7,10,13-15H,4-5,8-9,11-12H2,1-3H3/p+1/t14-,15-/m0/s1. The Balaban J connectivity index is 1.80. The smallest absolute Gasteiger partial charge is 0.161 e. The quantitative estimate of drug-likeness (QED) is 0.580. The Morgan fingerprint density at radius 3 is 2.61 bits per heavy atom. The minimum Gasteiger partial charge on any atom is -0.490 e. The number of quaternary nitrogens is 1. The first kappa shape index (κ1) is 17.8. The molecule has 0 bridgehead atoms. The lowest BCUT2D eigenvalue weighted by atomic mass is 10.2. The summed E-state index contributed by atoms with van der Waals surface area (Å²) in [5.41, 5.74) is 0.599.